The number of azo groups is 1. The van der Waals surface area contributed by atoms with Gasteiger partial charge >= 0.3 is 0 Å². The maximum absolute atomic E-state index is 11.4. The molecule has 1 rings (SSSR count). The van der Waals surface area contributed by atoms with Crippen LogP contribution in [0.25, 0.3) is 0 Å². The zero-order valence-electron chi connectivity index (χ0n) is 7.77. The minimum atomic E-state index is -0.353. The van der Waals surface area contributed by atoms with E-state index in [0.717, 1.165) is 4.57 Å². The van der Waals surface area contributed by atoms with E-state index in [1.54, 1.807) is 6.92 Å². The zero-order valence-corrected chi connectivity index (χ0v) is 7.77. The smallest absolute Gasteiger partial charge is 0.280 e. The van der Waals surface area contributed by atoms with Gasteiger partial charge in [0.25, 0.3) is 5.56 Å². The van der Waals surface area contributed by atoms with E-state index in [1.807, 2.05) is 0 Å². The van der Waals surface area contributed by atoms with Gasteiger partial charge in [-0.1, -0.05) is 0 Å². The summed E-state index contributed by atoms with van der Waals surface area (Å²) in [5.41, 5.74) is 0.485. The molecule has 0 fully saturated rings. The summed E-state index contributed by atoms with van der Waals surface area (Å²) in [6.45, 7) is 1.70. The Morgan fingerprint density at radius 3 is 2.69 bits per heavy atom. The van der Waals surface area contributed by atoms with E-state index in [1.165, 1.54) is 20.2 Å². The molecule has 0 saturated heterocycles. The maximum atomic E-state index is 11.4. The summed E-state index contributed by atoms with van der Waals surface area (Å²) in [6.07, 6.45) is 0. The van der Waals surface area contributed by atoms with Crippen molar-refractivity contribution >= 4 is 5.69 Å². The number of pyridine rings is 1. The molecule has 1 heterocycles. The third-order valence-corrected chi connectivity index (χ3v) is 1.76. The highest BCUT2D eigenvalue weighted by atomic mass is 16.3. The summed E-state index contributed by atoms with van der Waals surface area (Å²) >= 11 is 0. The molecule has 0 aliphatic rings. The van der Waals surface area contributed by atoms with Crippen molar-refractivity contribution in [3.8, 4) is 5.88 Å². The van der Waals surface area contributed by atoms with E-state index >= 15 is 0 Å². The molecule has 0 bridgehead atoms. The van der Waals surface area contributed by atoms with E-state index in [4.69, 9.17) is 0 Å². The van der Waals surface area contributed by atoms with Crippen LogP contribution in [-0.4, -0.2) is 16.7 Å². The number of aromatic hydroxyl groups is 1. The van der Waals surface area contributed by atoms with Crippen LogP contribution in [0, 0.1) is 6.92 Å². The highest BCUT2D eigenvalue weighted by molar-refractivity contribution is 5.41. The quantitative estimate of drug-likeness (QED) is 0.659. The second kappa shape index (κ2) is 3.38. The molecular weight excluding hydrogens is 170 g/mol. The molecule has 5 heteroatoms. The van der Waals surface area contributed by atoms with Gasteiger partial charge in [0.1, 0.15) is 0 Å². The van der Waals surface area contributed by atoms with Gasteiger partial charge in [-0.25, -0.2) is 0 Å². The van der Waals surface area contributed by atoms with Crippen LogP contribution in [0.15, 0.2) is 21.1 Å². The Morgan fingerprint density at radius 1 is 1.54 bits per heavy atom. The van der Waals surface area contributed by atoms with Crippen LogP contribution in [0.4, 0.5) is 5.69 Å². The fourth-order valence-electron chi connectivity index (χ4n) is 1.04. The molecule has 0 aromatic carbocycles. The highest BCUT2D eigenvalue weighted by Gasteiger charge is 2.07. The van der Waals surface area contributed by atoms with Crippen molar-refractivity contribution in [1.29, 1.82) is 0 Å². The Labute approximate surface area is 75.4 Å². The third-order valence-electron chi connectivity index (χ3n) is 1.76. The van der Waals surface area contributed by atoms with E-state index in [2.05, 4.69) is 10.2 Å². The lowest BCUT2D eigenvalue weighted by atomic mass is 10.3. The number of hydrogen-bond donors (Lipinski definition) is 1. The SMILES string of the molecule is CN=Nc1cc(C)c(O)n(C)c1=O. The van der Waals surface area contributed by atoms with Gasteiger partial charge in [-0.05, 0) is 13.0 Å². The van der Waals surface area contributed by atoms with Crippen LogP contribution in [0.1, 0.15) is 5.56 Å². The maximum Gasteiger partial charge on any atom is 0.280 e. The van der Waals surface area contributed by atoms with Crippen molar-refractivity contribution in [2.24, 2.45) is 17.3 Å². The molecule has 0 saturated carbocycles. The first-order valence-electron chi connectivity index (χ1n) is 3.77. The van der Waals surface area contributed by atoms with Gasteiger partial charge in [0.15, 0.2) is 11.6 Å². The topological polar surface area (TPSA) is 67.0 Å². The minimum absolute atomic E-state index is 0.0416. The summed E-state index contributed by atoms with van der Waals surface area (Å²) in [5.74, 6) is -0.0416. The lowest BCUT2D eigenvalue weighted by Gasteiger charge is -2.04. The molecule has 70 valence electrons. The first-order chi connectivity index (χ1) is 6.07. The van der Waals surface area contributed by atoms with Crippen molar-refractivity contribution in [1.82, 2.24) is 4.57 Å². The summed E-state index contributed by atoms with van der Waals surface area (Å²) in [7, 11) is 2.97. The van der Waals surface area contributed by atoms with Crippen LogP contribution in [0.5, 0.6) is 5.88 Å². The zero-order chi connectivity index (χ0) is 10.0. The summed E-state index contributed by atoms with van der Waals surface area (Å²) in [6, 6.07) is 1.50. The molecule has 0 radical (unpaired) electrons. The number of aryl methyl sites for hydroxylation is 1. The van der Waals surface area contributed by atoms with Gasteiger partial charge in [-0.2, -0.15) is 10.2 Å². The average Bonchev–Trinajstić information content (AvgIpc) is 2.11. The molecule has 0 atom stereocenters. The fraction of sp³-hybridized carbons (Fsp3) is 0.375. The van der Waals surface area contributed by atoms with Crippen LogP contribution in [-0.2, 0) is 7.05 Å². The van der Waals surface area contributed by atoms with Gasteiger partial charge < -0.3 is 5.11 Å². The van der Waals surface area contributed by atoms with Gasteiger partial charge in [0.2, 0.25) is 0 Å². The molecule has 1 aromatic rings. The van der Waals surface area contributed by atoms with E-state index in [9.17, 15) is 9.90 Å². The molecule has 0 aliphatic heterocycles. The monoisotopic (exact) mass is 181 g/mol. The molecule has 13 heavy (non-hydrogen) atoms. The van der Waals surface area contributed by atoms with Crippen molar-refractivity contribution < 1.29 is 5.11 Å². The van der Waals surface area contributed by atoms with Crippen molar-refractivity contribution in [3.05, 3.63) is 22.0 Å². The molecule has 0 spiro atoms. The Bertz CT molecular complexity index is 407. The van der Waals surface area contributed by atoms with Gasteiger partial charge in [-0.15, -0.1) is 0 Å². The van der Waals surface area contributed by atoms with Crippen molar-refractivity contribution in [2.75, 3.05) is 7.05 Å². The molecule has 1 aromatic heterocycles. The fourth-order valence-corrected chi connectivity index (χ4v) is 1.04. The number of nitrogens with zero attached hydrogens (tertiary/aromatic N) is 3. The van der Waals surface area contributed by atoms with Crippen LogP contribution in [0.2, 0.25) is 0 Å². The molecule has 5 nitrogen and oxygen atoms in total. The molecule has 0 amide bonds. The van der Waals surface area contributed by atoms with Crippen molar-refractivity contribution in [3.63, 3.8) is 0 Å². The van der Waals surface area contributed by atoms with Gasteiger partial charge in [0.05, 0.1) is 0 Å². The van der Waals surface area contributed by atoms with Crippen molar-refractivity contribution in [2.45, 2.75) is 6.92 Å². The highest BCUT2D eigenvalue weighted by Crippen LogP contribution is 2.17. The van der Waals surface area contributed by atoms with Gasteiger partial charge in [-0.3, -0.25) is 9.36 Å². The standard InChI is InChI=1S/C8H11N3O2/c1-5-4-6(10-9-2)8(13)11(3)7(5)12/h4,12H,1-3H3. The lowest BCUT2D eigenvalue weighted by Crippen LogP contribution is -2.16. The van der Waals surface area contributed by atoms with E-state index in [0.29, 0.717) is 5.56 Å². The summed E-state index contributed by atoms with van der Waals surface area (Å²) < 4.78 is 1.14. The number of hydrogen-bond acceptors (Lipinski definition) is 4. The Hall–Kier alpha value is -1.65. The summed E-state index contributed by atoms with van der Waals surface area (Å²) in [5, 5.41) is 16.5. The minimum Gasteiger partial charge on any atom is -0.494 e. The molecule has 0 aliphatic carbocycles. The van der Waals surface area contributed by atoms with E-state index in [-0.39, 0.29) is 17.1 Å². The Balaban J connectivity index is 3.50. The average molecular weight is 181 g/mol. The van der Waals surface area contributed by atoms with Crippen LogP contribution in [0.3, 0.4) is 0 Å². The normalized spacial score (nSPS) is 11.0. The number of aromatic nitrogens is 1. The number of rotatable bonds is 1. The first kappa shape index (κ1) is 9.44. The Morgan fingerprint density at radius 2 is 2.15 bits per heavy atom. The Kier molecular flexibility index (Phi) is 2.46. The third kappa shape index (κ3) is 1.58. The largest absolute Gasteiger partial charge is 0.494 e. The molecule has 1 N–H and O–H groups in total. The predicted octanol–water partition coefficient (Wildman–Crippen LogP) is 1.11. The van der Waals surface area contributed by atoms with Crippen LogP contribution < -0.4 is 5.56 Å². The van der Waals surface area contributed by atoms with Crippen LogP contribution >= 0.6 is 0 Å². The predicted molar refractivity (Wildman–Crippen MR) is 48.5 cm³/mol. The molecular formula is C8H11N3O2. The second-order valence-electron chi connectivity index (χ2n) is 2.70. The molecule has 0 unspecified atom stereocenters. The lowest BCUT2D eigenvalue weighted by molar-refractivity contribution is 0.419. The first-order valence-corrected chi connectivity index (χ1v) is 3.77. The van der Waals surface area contributed by atoms with E-state index < -0.39 is 0 Å². The summed E-state index contributed by atoms with van der Waals surface area (Å²) in [4.78, 5) is 11.4. The van der Waals surface area contributed by atoms with Gasteiger partial charge in [0, 0.05) is 19.7 Å². The second-order valence-corrected chi connectivity index (χ2v) is 2.70.